The van der Waals surface area contributed by atoms with Gasteiger partial charge in [-0.2, -0.15) is 0 Å². The summed E-state index contributed by atoms with van der Waals surface area (Å²) in [6, 6.07) is 52.1. The van der Waals surface area contributed by atoms with Crippen LogP contribution >= 0.6 is 15.5 Å². The summed E-state index contributed by atoms with van der Waals surface area (Å²) in [5.41, 5.74) is 21.5. The van der Waals surface area contributed by atoms with Gasteiger partial charge in [-0.25, -0.2) is 4.57 Å². The number of aryl methyl sites for hydroxylation is 6. The van der Waals surface area contributed by atoms with Gasteiger partial charge in [0, 0.05) is 50.4 Å². The maximum absolute atomic E-state index is 18.2. The summed E-state index contributed by atoms with van der Waals surface area (Å²) >= 11 is 0. The van der Waals surface area contributed by atoms with Crippen molar-refractivity contribution in [1.82, 2.24) is 0 Å². The van der Waals surface area contributed by atoms with E-state index >= 15 is 4.57 Å². The van der Waals surface area contributed by atoms with Crippen LogP contribution in [0.4, 0.5) is 0 Å². The number of hydrogen-bond acceptors (Lipinski definition) is 5. The third-order valence-electron chi connectivity index (χ3n) is 21.0. The minimum atomic E-state index is -5.21. The zero-order valence-corrected chi connectivity index (χ0v) is 59.2. The summed E-state index contributed by atoms with van der Waals surface area (Å²) in [5.74, 6) is 1.85. The van der Waals surface area contributed by atoms with Gasteiger partial charge in [-0.05, 0) is 214 Å². The normalized spacial score (nSPS) is 19.9. The second-order valence-corrected chi connectivity index (χ2v) is 30.0. The molecule has 10 aromatic carbocycles. The van der Waals surface area contributed by atoms with Crippen LogP contribution in [-0.4, -0.2) is 4.89 Å². The Labute approximate surface area is 562 Å². The second-order valence-electron chi connectivity index (χ2n) is 26.7. The smallest absolute Gasteiger partial charge is 0.408 e. The van der Waals surface area contributed by atoms with E-state index < -0.39 is 15.5 Å². The molecule has 5 unspecified atom stereocenters. The zero-order valence-electron chi connectivity index (χ0n) is 57.4. The van der Waals surface area contributed by atoms with Crippen molar-refractivity contribution in [3.63, 3.8) is 0 Å². The monoisotopic (exact) mass is 1290 g/mol. The minimum Gasteiger partial charge on any atom is -0.408 e. The molecule has 10 aromatic rings. The Morgan fingerprint density at radius 1 is 0.463 bits per heavy atom. The fourth-order valence-corrected chi connectivity index (χ4v) is 20.0. The van der Waals surface area contributed by atoms with Crippen molar-refractivity contribution in [2.75, 3.05) is 0 Å². The van der Waals surface area contributed by atoms with Gasteiger partial charge in [0.1, 0.15) is 23.0 Å². The van der Waals surface area contributed by atoms with Crippen molar-refractivity contribution >= 4 is 64.1 Å². The maximum atomic E-state index is 18.2. The highest BCUT2D eigenvalue weighted by Gasteiger charge is 2.47. The van der Waals surface area contributed by atoms with Crippen LogP contribution in [0.1, 0.15) is 165 Å². The molecule has 0 bridgehead atoms. The van der Waals surface area contributed by atoms with Crippen molar-refractivity contribution < 1.29 is 27.6 Å². The average Bonchev–Trinajstić information content (AvgIpc) is 1.66. The molecular formula is C86H89NO6P2. The number of hydrogen-bond donors (Lipinski definition) is 1. The highest BCUT2D eigenvalue weighted by molar-refractivity contribution is 7.64. The lowest BCUT2D eigenvalue weighted by molar-refractivity contribution is 0.359. The van der Waals surface area contributed by atoms with E-state index in [0.717, 1.165) is 197 Å². The molecular weight excluding hydrogens is 1200 g/mol. The van der Waals surface area contributed by atoms with Gasteiger partial charge < -0.3 is 18.1 Å². The summed E-state index contributed by atoms with van der Waals surface area (Å²) in [6.07, 6.45) is 16.3. The first-order valence-corrected chi connectivity index (χ1v) is 38.2. The summed E-state index contributed by atoms with van der Waals surface area (Å²) in [6.45, 7) is 26.7. The van der Waals surface area contributed by atoms with Gasteiger partial charge in [-0.15, -0.1) is 0 Å². The molecule has 0 spiro atoms. The van der Waals surface area contributed by atoms with E-state index in [1.54, 1.807) is 0 Å². The zero-order chi connectivity index (χ0) is 66.2. The molecule has 0 aromatic heterocycles. The van der Waals surface area contributed by atoms with E-state index in [4.69, 9.17) is 22.6 Å². The molecule has 0 fully saturated rings. The predicted molar refractivity (Wildman–Crippen MR) is 401 cm³/mol. The highest BCUT2D eigenvalue weighted by atomic mass is 31.2. The predicted octanol–water partition coefficient (Wildman–Crippen LogP) is 25.7. The molecule has 5 atom stereocenters. The van der Waals surface area contributed by atoms with Crippen LogP contribution in [0, 0.1) is 18.8 Å². The molecule has 7 nitrogen and oxygen atoms in total. The van der Waals surface area contributed by atoms with E-state index in [1.165, 1.54) is 33.4 Å². The molecule has 0 amide bonds. The first-order chi connectivity index (χ1) is 46.1. The van der Waals surface area contributed by atoms with E-state index in [1.807, 2.05) is 0 Å². The third-order valence-corrected chi connectivity index (χ3v) is 24.5. The number of nitrogens with zero attached hydrogens (tertiary/aromatic N) is 1. The highest BCUT2D eigenvalue weighted by Crippen LogP contribution is 2.71. The fourth-order valence-electron chi connectivity index (χ4n) is 16.5. The molecule has 14 rings (SSSR count). The lowest BCUT2D eigenvalue weighted by Crippen LogP contribution is -2.18. The molecule has 0 saturated carbocycles. The number of benzene rings is 10. The van der Waals surface area contributed by atoms with Crippen LogP contribution in [0.2, 0.25) is 0 Å². The number of rotatable bonds is 15. The Bertz CT molecular complexity index is 5010. The molecule has 0 saturated heterocycles. The molecule has 2 aliphatic heterocycles. The molecule has 4 aliphatic rings. The maximum Gasteiger partial charge on any atom is 0.569 e. The van der Waals surface area contributed by atoms with Crippen LogP contribution in [0.5, 0.6) is 23.0 Å². The Morgan fingerprint density at radius 2 is 0.916 bits per heavy atom. The molecule has 2 heterocycles. The lowest BCUT2D eigenvalue weighted by atomic mass is 9.72. The number of allylic oxidation sites excluding steroid dienone is 8. The topological polar surface area (TPSA) is 86.6 Å². The van der Waals surface area contributed by atoms with Gasteiger partial charge >= 0.3 is 15.5 Å². The summed E-state index contributed by atoms with van der Waals surface area (Å²) < 4.78 is 54.4. The third kappa shape index (κ3) is 11.0. The molecule has 2 aliphatic carbocycles. The van der Waals surface area contributed by atoms with Crippen molar-refractivity contribution in [3.05, 3.63) is 231 Å². The van der Waals surface area contributed by atoms with Crippen LogP contribution < -0.4 is 18.1 Å². The first kappa shape index (κ1) is 64.2. The number of fused-ring (bicyclic) bond motifs is 14. The van der Waals surface area contributed by atoms with Crippen molar-refractivity contribution in [2.24, 2.45) is 16.4 Å². The molecule has 1 N–H and O–H groups in total. The van der Waals surface area contributed by atoms with Gasteiger partial charge in [0.05, 0.1) is 0 Å². The van der Waals surface area contributed by atoms with Gasteiger partial charge in [0.2, 0.25) is 0 Å². The van der Waals surface area contributed by atoms with E-state index in [9.17, 15) is 4.89 Å². The largest absolute Gasteiger partial charge is 0.569 e. The van der Waals surface area contributed by atoms with Crippen molar-refractivity contribution in [2.45, 2.75) is 160 Å². The van der Waals surface area contributed by atoms with Gasteiger partial charge in [-0.3, -0.25) is 4.89 Å². The van der Waals surface area contributed by atoms with Gasteiger partial charge in [0.15, 0.2) is 0 Å². The summed E-state index contributed by atoms with van der Waals surface area (Å²) in [4.78, 5) is 14.9. The van der Waals surface area contributed by atoms with Crippen molar-refractivity contribution in [1.29, 1.82) is 0 Å². The fraction of sp³-hybridized carbons (Fsp3) is 0.302. The molecule has 9 heteroatoms. The van der Waals surface area contributed by atoms with Crippen LogP contribution in [-0.2, 0) is 36.7 Å². The van der Waals surface area contributed by atoms with Gasteiger partial charge in [-0.1, -0.05) is 236 Å². The van der Waals surface area contributed by atoms with Crippen molar-refractivity contribution in [3.8, 4) is 67.5 Å². The van der Waals surface area contributed by atoms with Gasteiger partial charge in [0.25, 0.3) is 0 Å². The SMILES string of the molecule is CCC1=CC(CC)C(c2cc3ccccc3c3c2OP(=O)(N=P2(O)Oc4c(C5=C(C)CC(CC)C=C5CC)cc5ccccc5c4-c4c(c(-c5c(CC)cc(C)cc5CC)cc5ccccc45)O2)Oc2c(-c4c(CC)cc(CC)cc4CC)cc4ccccc4c2-3)C(CC)=C1. The minimum absolute atomic E-state index is 0.0767. The summed E-state index contributed by atoms with van der Waals surface area (Å²) in [5, 5.41) is 7.68. The Balaban J connectivity index is 1.16. The van der Waals surface area contributed by atoms with E-state index in [2.05, 4.69) is 247 Å². The van der Waals surface area contributed by atoms with E-state index in [-0.39, 0.29) is 11.8 Å². The van der Waals surface area contributed by atoms with Crippen LogP contribution in [0.15, 0.2) is 191 Å². The average molecular weight is 1290 g/mol. The Hall–Kier alpha value is -8.18. The lowest BCUT2D eigenvalue weighted by Gasteiger charge is -2.33. The molecule has 0 radical (unpaired) electrons. The Morgan fingerprint density at radius 3 is 1.38 bits per heavy atom. The summed E-state index contributed by atoms with van der Waals surface area (Å²) in [7, 11) is -10.2. The van der Waals surface area contributed by atoms with Crippen LogP contribution in [0.3, 0.4) is 0 Å². The Kier molecular flexibility index (Phi) is 17.4. The first-order valence-electron chi connectivity index (χ1n) is 35.2. The molecule has 95 heavy (non-hydrogen) atoms. The quantitative estimate of drug-likeness (QED) is 0.103. The standard InChI is InChI=1S/C86H89NO6P2/c1-13-53-41-52(12)75(58(18-6)42-53)71-47-63-31-23-27-35-67(63)79-80-68-36-28-24-32-64(68)48-72(76-56(16-4)39-51(11)40-57(76)17-5)84(80)91-94(88,90-83(71)79)87-95(89)92-85-73(77-59(19-7)43-54(14-2)44-60(77)20-8)49-65-33-25-29-37-69(65)81(85)82-70-38-30-26-34-66(70)50-74(86(82)93-95)78-61(21-9)45-55(15-3)46-62(78)22-10/h23-40,42-50,53,59,77,88H,13-22,41H2,1-12H3. The van der Waals surface area contributed by atoms with Crippen LogP contribution in [0.25, 0.3) is 93.2 Å². The molecule has 484 valence electrons. The van der Waals surface area contributed by atoms with E-state index in [0.29, 0.717) is 28.9 Å². The second kappa shape index (κ2) is 25.8.